The van der Waals surface area contributed by atoms with Crippen molar-refractivity contribution in [3.8, 4) is 0 Å². The van der Waals surface area contributed by atoms with Gasteiger partial charge >= 0.3 is 0 Å². The molecule has 2 nitrogen and oxygen atoms in total. The topological polar surface area (TPSA) is 35.2 Å². The van der Waals surface area contributed by atoms with E-state index in [9.17, 15) is 0 Å². The Morgan fingerprint density at radius 1 is 1.82 bits per heavy atom. The lowest BCUT2D eigenvalue weighted by atomic mass is 10.4. The summed E-state index contributed by atoms with van der Waals surface area (Å²) in [6, 6.07) is 0.0435. The number of ether oxygens (including phenoxy) is 1. The van der Waals surface area contributed by atoms with Gasteiger partial charge in [-0.15, -0.1) is 0 Å². The monoisotopic (exact) mass is 175 g/mol. The van der Waals surface area contributed by atoms with Crippen molar-refractivity contribution >= 4 is 11.6 Å². The molecule has 0 aliphatic heterocycles. The molecule has 2 N–H and O–H groups in total. The van der Waals surface area contributed by atoms with Gasteiger partial charge in [0.15, 0.2) is 0 Å². The van der Waals surface area contributed by atoms with Crippen molar-refractivity contribution in [3.63, 3.8) is 0 Å². The van der Waals surface area contributed by atoms with Crippen LogP contribution in [0.5, 0.6) is 0 Å². The molecule has 1 atom stereocenters. The van der Waals surface area contributed by atoms with E-state index in [1.54, 1.807) is 6.08 Å². The van der Waals surface area contributed by atoms with Crippen molar-refractivity contribution in [3.05, 3.63) is 23.4 Å². The van der Waals surface area contributed by atoms with Gasteiger partial charge in [-0.2, -0.15) is 0 Å². The Kier molecular flexibility index (Phi) is 4.99. The fraction of sp³-hybridized carbons (Fsp3) is 0.500. The molecule has 0 heterocycles. The fourth-order valence-electron chi connectivity index (χ4n) is 0.525. The molecule has 3 heteroatoms. The maximum atomic E-state index is 5.51. The van der Waals surface area contributed by atoms with Crippen molar-refractivity contribution in [1.29, 1.82) is 0 Å². The molecule has 0 aromatic carbocycles. The maximum absolute atomic E-state index is 5.51. The quantitative estimate of drug-likeness (QED) is 0.524. The molecular formula is C8H14ClNO. The minimum atomic E-state index is 0.0435. The van der Waals surface area contributed by atoms with Crippen LogP contribution in [0, 0.1) is 0 Å². The number of hydrogen-bond acceptors (Lipinski definition) is 2. The second kappa shape index (κ2) is 5.22. The normalized spacial score (nSPS) is 14.4. The van der Waals surface area contributed by atoms with Crippen LogP contribution < -0.4 is 5.73 Å². The lowest BCUT2D eigenvalue weighted by molar-refractivity contribution is 0.200. The third kappa shape index (κ3) is 7.43. The predicted octanol–water partition coefficient (Wildman–Crippen LogP) is 2.01. The molecule has 0 radical (unpaired) electrons. The Morgan fingerprint density at radius 2 is 2.36 bits per heavy atom. The van der Waals surface area contributed by atoms with Crippen molar-refractivity contribution in [2.75, 3.05) is 6.61 Å². The molecule has 0 rings (SSSR count). The van der Waals surface area contributed by atoms with Crippen molar-refractivity contribution in [1.82, 2.24) is 0 Å². The Hall–Kier alpha value is -0.470. The van der Waals surface area contributed by atoms with Crippen molar-refractivity contribution in [2.45, 2.75) is 19.9 Å². The molecule has 0 spiro atoms. The summed E-state index contributed by atoms with van der Waals surface area (Å²) in [5, 5.41) is 0.465. The molecule has 0 aromatic heterocycles. The van der Waals surface area contributed by atoms with Crippen LogP contribution in [0.25, 0.3) is 0 Å². The summed E-state index contributed by atoms with van der Waals surface area (Å²) in [6.07, 6.45) is 1.66. The van der Waals surface area contributed by atoms with Crippen LogP contribution in [0.1, 0.15) is 13.8 Å². The molecule has 0 amide bonds. The van der Waals surface area contributed by atoms with Crippen LogP contribution in [-0.4, -0.2) is 12.6 Å². The van der Waals surface area contributed by atoms with E-state index in [-0.39, 0.29) is 6.04 Å². The number of hydrogen-bond donors (Lipinski definition) is 1. The predicted molar refractivity (Wildman–Crippen MR) is 48.4 cm³/mol. The minimum Gasteiger partial charge on any atom is -0.497 e. The van der Waals surface area contributed by atoms with E-state index in [0.717, 1.165) is 5.76 Å². The average Bonchev–Trinajstić information content (AvgIpc) is 1.82. The second-order valence-corrected chi connectivity index (χ2v) is 2.98. The highest BCUT2D eigenvalue weighted by Crippen LogP contribution is 2.05. The van der Waals surface area contributed by atoms with Gasteiger partial charge in [0.2, 0.25) is 0 Å². The lowest BCUT2D eigenvalue weighted by Crippen LogP contribution is -2.21. The molecule has 0 saturated heterocycles. The zero-order chi connectivity index (χ0) is 8.85. The van der Waals surface area contributed by atoms with Crippen LogP contribution in [0.15, 0.2) is 23.4 Å². The average molecular weight is 176 g/mol. The van der Waals surface area contributed by atoms with Gasteiger partial charge in [0.25, 0.3) is 0 Å². The fourth-order valence-corrected chi connectivity index (χ4v) is 0.679. The molecular weight excluding hydrogens is 162 g/mol. The smallest absolute Gasteiger partial charge is 0.102 e. The van der Waals surface area contributed by atoms with Gasteiger partial charge < -0.3 is 10.5 Å². The molecule has 0 bridgehead atoms. The van der Waals surface area contributed by atoms with E-state index >= 15 is 0 Å². The molecule has 0 saturated carbocycles. The minimum absolute atomic E-state index is 0.0435. The second-order valence-electron chi connectivity index (χ2n) is 2.49. The summed E-state index contributed by atoms with van der Waals surface area (Å²) >= 11 is 5.51. The summed E-state index contributed by atoms with van der Waals surface area (Å²) in [5.74, 6) is 0.738. The number of halogens is 1. The first-order valence-corrected chi connectivity index (χ1v) is 3.81. The highest BCUT2D eigenvalue weighted by molar-refractivity contribution is 6.30. The Labute approximate surface area is 72.7 Å². The van der Waals surface area contributed by atoms with E-state index in [2.05, 4.69) is 6.58 Å². The van der Waals surface area contributed by atoms with Gasteiger partial charge in [-0.3, -0.25) is 0 Å². The van der Waals surface area contributed by atoms with Crippen LogP contribution in [0.3, 0.4) is 0 Å². The Morgan fingerprint density at radius 3 is 2.73 bits per heavy atom. The van der Waals surface area contributed by atoms with Gasteiger partial charge in [-0.25, -0.2) is 0 Å². The molecule has 0 aliphatic rings. The van der Waals surface area contributed by atoms with Crippen molar-refractivity contribution < 1.29 is 4.74 Å². The highest BCUT2D eigenvalue weighted by atomic mass is 35.5. The van der Waals surface area contributed by atoms with E-state index in [1.165, 1.54) is 0 Å². The first kappa shape index (κ1) is 10.5. The third-order valence-corrected chi connectivity index (χ3v) is 1.04. The first-order valence-electron chi connectivity index (χ1n) is 3.43. The van der Waals surface area contributed by atoms with Crippen molar-refractivity contribution in [2.24, 2.45) is 5.73 Å². The lowest BCUT2D eigenvalue weighted by Gasteiger charge is -2.07. The number of rotatable bonds is 4. The largest absolute Gasteiger partial charge is 0.497 e. The first-order chi connectivity index (χ1) is 5.02. The Bertz CT molecular complexity index is 163. The molecule has 64 valence electrons. The summed E-state index contributed by atoms with van der Waals surface area (Å²) in [5.41, 5.74) is 5.46. The molecule has 0 unspecified atom stereocenters. The van der Waals surface area contributed by atoms with E-state index in [1.807, 2.05) is 13.8 Å². The van der Waals surface area contributed by atoms with Gasteiger partial charge in [0, 0.05) is 11.1 Å². The number of nitrogens with two attached hydrogens (primary N) is 1. The molecule has 0 aliphatic carbocycles. The van der Waals surface area contributed by atoms with Crippen LogP contribution in [-0.2, 0) is 4.74 Å². The molecule has 0 fully saturated rings. The van der Waals surface area contributed by atoms with Crippen LogP contribution in [0.2, 0.25) is 0 Å². The maximum Gasteiger partial charge on any atom is 0.102 e. The van der Waals surface area contributed by atoms with Gasteiger partial charge in [0.1, 0.15) is 6.61 Å². The zero-order valence-electron chi connectivity index (χ0n) is 6.93. The zero-order valence-corrected chi connectivity index (χ0v) is 7.69. The molecule has 11 heavy (non-hydrogen) atoms. The SMILES string of the molecule is C=C(Cl)/C=C(\C)OC[C@@H](C)N. The summed E-state index contributed by atoms with van der Waals surface area (Å²) in [4.78, 5) is 0. The van der Waals surface area contributed by atoms with Gasteiger partial charge in [-0.05, 0) is 19.9 Å². The van der Waals surface area contributed by atoms with E-state index in [0.29, 0.717) is 11.6 Å². The van der Waals surface area contributed by atoms with Gasteiger partial charge in [0.05, 0.1) is 5.76 Å². The molecule has 0 aromatic rings. The third-order valence-electron chi connectivity index (χ3n) is 0.934. The van der Waals surface area contributed by atoms with Crippen LogP contribution in [0.4, 0.5) is 0 Å². The van der Waals surface area contributed by atoms with Crippen LogP contribution >= 0.6 is 11.6 Å². The van der Waals surface area contributed by atoms with E-state index in [4.69, 9.17) is 22.1 Å². The van der Waals surface area contributed by atoms with Gasteiger partial charge in [-0.1, -0.05) is 18.2 Å². The number of allylic oxidation sites excluding steroid dienone is 3. The van der Waals surface area contributed by atoms with E-state index < -0.39 is 0 Å². The standard InChI is InChI=1S/C8H14ClNO/c1-6(9)4-8(3)11-5-7(2)10/h4,7H,1,5,10H2,2-3H3/b8-4+/t7-/m1/s1. The summed E-state index contributed by atoms with van der Waals surface area (Å²) < 4.78 is 5.21. The summed E-state index contributed by atoms with van der Waals surface area (Å²) in [6.45, 7) is 7.70. The highest BCUT2D eigenvalue weighted by Gasteiger charge is 1.94. The Balaban J connectivity index is 3.68. The summed E-state index contributed by atoms with van der Waals surface area (Å²) in [7, 11) is 0.